The first-order valence-corrected chi connectivity index (χ1v) is 9.45. The maximum absolute atomic E-state index is 6.28. The maximum Gasteiger partial charge on any atom is 0.189 e. The summed E-state index contributed by atoms with van der Waals surface area (Å²) in [5, 5.41) is 3.87. The molecule has 2 aliphatic heterocycles. The van der Waals surface area contributed by atoms with Gasteiger partial charge in [-0.1, -0.05) is 29.8 Å². The molecular formula is C20H23ClIN3O3. The van der Waals surface area contributed by atoms with Gasteiger partial charge in [0.15, 0.2) is 17.5 Å². The smallest absolute Gasteiger partial charge is 0.189 e. The third kappa shape index (κ3) is 4.75. The Morgan fingerprint density at radius 1 is 1.11 bits per heavy atom. The van der Waals surface area contributed by atoms with Crippen molar-refractivity contribution in [3.8, 4) is 17.2 Å². The van der Waals surface area contributed by atoms with Crippen LogP contribution in [-0.4, -0.2) is 32.3 Å². The Balaban J connectivity index is 0.00000225. The summed E-state index contributed by atoms with van der Waals surface area (Å²) in [6, 6.07) is 12.0. The van der Waals surface area contributed by atoms with E-state index in [1.807, 2.05) is 30.3 Å². The van der Waals surface area contributed by atoms with Gasteiger partial charge in [-0.3, -0.25) is 4.99 Å². The van der Waals surface area contributed by atoms with Crippen LogP contribution < -0.4 is 25.3 Å². The van der Waals surface area contributed by atoms with Crippen molar-refractivity contribution in [3.63, 3.8) is 0 Å². The quantitative estimate of drug-likeness (QED) is 0.369. The largest absolute Gasteiger partial charge is 0.493 e. The van der Waals surface area contributed by atoms with Gasteiger partial charge in [-0.05, 0) is 30.2 Å². The fourth-order valence-corrected chi connectivity index (χ4v) is 3.62. The Morgan fingerprint density at radius 2 is 1.89 bits per heavy atom. The zero-order valence-electron chi connectivity index (χ0n) is 15.3. The van der Waals surface area contributed by atoms with Crippen LogP contribution in [0.4, 0.5) is 0 Å². The first kappa shape index (κ1) is 20.9. The van der Waals surface area contributed by atoms with Gasteiger partial charge in [-0.25, -0.2) is 0 Å². The molecule has 8 heteroatoms. The minimum Gasteiger partial charge on any atom is -0.493 e. The number of rotatable bonds is 4. The number of hydrogen-bond donors (Lipinski definition) is 2. The number of fused-ring (bicyclic) bond motifs is 2. The molecule has 0 amide bonds. The molecule has 0 fully saturated rings. The van der Waals surface area contributed by atoms with E-state index < -0.39 is 0 Å². The van der Waals surface area contributed by atoms with Crippen LogP contribution in [0.25, 0.3) is 0 Å². The van der Waals surface area contributed by atoms with Crippen LogP contribution in [0.3, 0.4) is 0 Å². The Bertz CT molecular complexity index is 863. The lowest BCUT2D eigenvalue weighted by molar-refractivity contribution is 0.171. The van der Waals surface area contributed by atoms with Gasteiger partial charge >= 0.3 is 0 Å². The number of benzene rings is 2. The third-order valence-electron chi connectivity index (χ3n) is 4.62. The number of hydrogen-bond acceptors (Lipinski definition) is 4. The van der Waals surface area contributed by atoms with Crippen LogP contribution >= 0.6 is 35.6 Å². The Morgan fingerprint density at radius 3 is 2.79 bits per heavy atom. The SMILES string of the molecule is I.NC(=NCCc1cc(Cl)c2c(c1)OCCO2)NC1CCOc2ccccc21. The van der Waals surface area contributed by atoms with Crippen molar-refractivity contribution in [1.29, 1.82) is 0 Å². The monoisotopic (exact) mass is 515 g/mol. The predicted octanol–water partition coefficient (Wildman–Crippen LogP) is 3.70. The number of ether oxygens (including phenoxy) is 3. The number of nitrogens with two attached hydrogens (primary N) is 1. The molecule has 28 heavy (non-hydrogen) atoms. The lowest BCUT2D eigenvalue weighted by Crippen LogP contribution is -2.37. The Hall–Kier alpha value is -1.87. The van der Waals surface area contributed by atoms with Gasteiger partial charge in [0.2, 0.25) is 0 Å². The highest BCUT2D eigenvalue weighted by Gasteiger charge is 2.21. The van der Waals surface area contributed by atoms with Crippen molar-refractivity contribution in [2.75, 3.05) is 26.4 Å². The molecule has 0 bridgehead atoms. The Labute approximate surface area is 186 Å². The number of guanidine groups is 1. The molecule has 1 atom stereocenters. The van der Waals surface area contributed by atoms with E-state index in [0.717, 1.165) is 23.3 Å². The first-order valence-electron chi connectivity index (χ1n) is 9.07. The number of nitrogens with zero attached hydrogens (tertiary/aromatic N) is 1. The number of nitrogens with one attached hydrogen (secondary N) is 1. The molecule has 1 unspecified atom stereocenters. The molecule has 0 radical (unpaired) electrons. The molecule has 2 aromatic carbocycles. The summed E-state index contributed by atoms with van der Waals surface area (Å²) in [4.78, 5) is 4.46. The van der Waals surface area contributed by atoms with Crippen molar-refractivity contribution >= 4 is 41.5 Å². The maximum atomic E-state index is 6.28. The van der Waals surface area contributed by atoms with E-state index in [9.17, 15) is 0 Å². The number of para-hydroxylation sites is 1. The highest BCUT2D eigenvalue weighted by atomic mass is 127. The molecule has 0 aliphatic carbocycles. The van der Waals surface area contributed by atoms with Crippen LogP contribution in [-0.2, 0) is 6.42 Å². The van der Waals surface area contributed by atoms with E-state index >= 15 is 0 Å². The topological polar surface area (TPSA) is 78.1 Å². The molecular weight excluding hydrogens is 493 g/mol. The molecule has 0 saturated heterocycles. The van der Waals surface area contributed by atoms with Crippen molar-refractivity contribution in [1.82, 2.24) is 5.32 Å². The standard InChI is InChI=1S/C20H22ClN3O3.HI/c21-15-11-13(12-18-19(15)27-10-9-26-18)5-7-23-20(22)24-16-6-8-25-17-4-2-1-3-14(16)17;/h1-4,11-12,16H,5-10H2,(H3,22,23,24);1H. The van der Waals surface area contributed by atoms with Crippen molar-refractivity contribution in [3.05, 3.63) is 52.5 Å². The van der Waals surface area contributed by atoms with Crippen LogP contribution in [0.1, 0.15) is 23.6 Å². The van der Waals surface area contributed by atoms with Crippen LogP contribution in [0.2, 0.25) is 5.02 Å². The van der Waals surface area contributed by atoms with Crippen LogP contribution in [0, 0.1) is 0 Å². The molecule has 0 saturated carbocycles. The average molecular weight is 516 g/mol. The first-order chi connectivity index (χ1) is 13.2. The lowest BCUT2D eigenvalue weighted by atomic mass is 10.0. The summed E-state index contributed by atoms with van der Waals surface area (Å²) in [7, 11) is 0. The summed E-state index contributed by atoms with van der Waals surface area (Å²) in [5.41, 5.74) is 8.24. The van der Waals surface area contributed by atoms with Gasteiger partial charge in [0.1, 0.15) is 19.0 Å². The summed E-state index contributed by atoms with van der Waals surface area (Å²) in [6.45, 7) is 2.28. The zero-order valence-corrected chi connectivity index (χ0v) is 18.4. The van der Waals surface area contributed by atoms with E-state index in [1.165, 1.54) is 0 Å². The summed E-state index contributed by atoms with van der Waals surface area (Å²) < 4.78 is 16.8. The predicted molar refractivity (Wildman–Crippen MR) is 120 cm³/mol. The fourth-order valence-electron chi connectivity index (χ4n) is 3.33. The third-order valence-corrected chi connectivity index (χ3v) is 4.90. The van der Waals surface area contributed by atoms with Crippen LogP contribution in [0.15, 0.2) is 41.4 Å². The van der Waals surface area contributed by atoms with Crippen molar-refractivity contribution < 1.29 is 14.2 Å². The molecule has 4 rings (SSSR count). The highest BCUT2D eigenvalue weighted by molar-refractivity contribution is 14.0. The van der Waals surface area contributed by atoms with Crippen molar-refractivity contribution in [2.24, 2.45) is 10.7 Å². The molecule has 2 aliphatic rings. The van der Waals surface area contributed by atoms with Gasteiger partial charge in [-0.15, -0.1) is 24.0 Å². The molecule has 2 aromatic rings. The average Bonchev–Trinajstić information content (AvgIpc) is 2.68. The molecule has 6 nitrogen and oxygen atoms in total. The highest BCUT2D eigenvalue weighted by Crippen LogP contribution is 2.38. The summed E-state index contributed by atoms with van der Waals surface area (Å²) in [5.74, 6) is 2.65. The fraction of sp³-hybridized carbons (Fsp3) is 0.350. The minimum atomic E-state index is 0. The number of halogens is 2. The normalized spacial score (nSPS) is 17.8. The van der Waals surface area contributed by atoms with Crippen LogP contribution in [0.5, 0.6) is 17.2 Å². The van der Waals surface area contributed by atoms with E-state index in [-0.39, 0.29) is 30.0 Å². The molecule has 2 heterocycles. The van der Waals surface area contributed by atoms with Gasteiger partial charge in [0.25, 0.3) is 0 Å². The molecule has 0 spiro atoms. The van der Waals surface area contributed by atoms with E-state index in [4.69, 9.17) is 31.5 Å². The zero-order chi connectivity index (χ0) is 18.6. The van der Waals surface area contributed by atoms with Gasteiger partial charge in [0, 0.05) is 18.5 Å². The number of aliphatic imine (C=N–C) groups is 1. The summed E-state index contributed by atoms with van der Waals surface area (Å²) in [6.07, 6.45) is 1.56. The molecule has 150 valence electrons. The summed E-state index contributed by atoms with van der Waals surface area (Å²) >= 11 is 6.28. The molecule has 3 N–H and O–H groups in total. The van der Waals surface area contributed by atoms with Gasteiger partial charge in [0.05, 0.1) is 17.7 Å². The Kier molecular flexibility index (Phi) is 7.12. The lowest BCUT2D eigenvalue weighted by Gasteiger charge is -2.26. The van der Waals surface area contributed by atoms with E-state index in [0.29, 0.717) is 55.3 Å². The van der Waals surface area contributed by atoms with Gasteiger partial charge < -0.3 is 25.3 Å². The van der Waals surface area contributed by atoms with Gasteiger partial charge in [-0.2, -0.15) is 0 Å². The second-order valence-corrected chi connectivity index (χ2v) is 6.90. The van der Waals surface area contributed by atoms with E-state index in [2.05, 4.69) is 16.4 Å². The molecule has 0 aromatic heterocycles. The van der Waals surface area contributed by atoms with Crippen molar-refractivity contribution in [2.45, 2.75) is 18.9 Å². The second kappa shape index (κ2) is 9.56. The van der Waals surface area contributed by atoms with E-state index in [1.54, 1.807) is 0 Å². The minimum absolute atomic E-state index is 0. The second-order valence-electron chi connectivity index (χ2n) is 6.49.